The third kappa shape index (κ3) is 4.05. The fraction of sp³-hybridized carbons (Fsp3) is 0.120. The Morgan fingerprint density at radius 3 is 2.26 bits per heavy atom. The molecule has 0 saturated carbocycles. The number of pyridine rings is 1. The summed E-state index contributed by atoms with van der Waals surface area (Å²) in [6.45, 7) is 0. The van der Waals surface area contributed by atoms with Gasteiger partial charge in [-0.3, -0.25) is 19.5 Å². The van der Waals surface area contributed by atoms with Gasteiger partial charge >= 0.3 is 0 Å². The number of benzene rings is 2. The number of carbonyl (C=O) groups excluding carboxylic acids is 2. The number of aromatic nitrogens is 1. The Kier molecular flexibility index (Phi) is 6.65. The number of amides is 1. The van der Waals surface area contributed by atoms with Crippen LogP contribution in [0.1, 0.15) is 22.7 Å². The Hall–Kier alpha value is -4.06. The highest BCUT2D eigenvalue weighted by Crippen LogP contribution is 2.48. The van der Waals surface area contributed by atoms with Crippen molar-refractivity contribution in [1.82, 2.24) is 4.98 Å². The highest BCUT2D eigenvalue weighted by atomic mass is 35.5. The predicted octanol–water partition coefficient (Wildman–Crippen LogP) is 4.90. The Morgan fingerprint density at radius 1 is 1.06 bits per heavy atom. The average Bonchev–Trinajstić information content (AvgIpc) is 3.14. The van der Waals surface area contributed by atoms with E-state index in [4.69, 9.17) is 37.9 Å². The molecule has 8 nitrogen and oxygen atoms in total. The molecule has 1 N–H and O–H groups in total. The molecule has 1 unspecified atom stereocenters. The number of aliphatic hydroxyl groups excluding tert-OH is 1. The number of carbonyl (C=O) groups is 2. The molecule has 1 amide bonds. The number of anilines is 1. The summed E-state index contributed by atoms with van der Waals surface area (Å²) in [5.74, 6) is -2.15. The fourth-order valence-electron chi connectivity index (χ4n) is 3.95. The molecule has 0 aliphatic carbocycles. The van der Waals surface area contributed by atoms with E-state index < -0.39 is 23.5 Å². The molecular weight excluding hydrogens is 493 g/mol. The molecule has 1 saturated heterocycles. The van der Waals surface area contributed by atoms with Gasteiger partial charge in [0.25, 0.3) is 11.7 Å². The summed E-state index contributed by atoms with van der Waals surface area (Å²) in [6.07, 6.45) is 3.02. The Morgan fingerprint density at radius 2 is 1.69 bits per heavy atom. The van der Waals surface area contributed by atoms with Crippen LogP contribution in [0.2, 0.25) is 10.0 Å². The molecule has 1 aliphatic rings. The molecule has 2 aromatic carbocycles. The van der Waals surface area contributed by atoms with Crippen LogP contribution in [-0.2, 0) is 9.59 Å². The topological polar surface area (TPSA) is 113 Å². The van der Waals surface area contributed by atoms with Crippen molar-refractivity contribution in [3.63, 3.8) is 0 Å². The summed E-state index contributed by atoms with van der Waals surface area (Å²) >= 11 is 12.7. The molecule has 1 aromatic heterocycles. The van der Waals surface area contributed by atoms with Gasteiger partial charge in [-0.05, 0) is 48.0 Å². The van der Waals surface area contributed by atoms with E-state index >= 15 is 0 Å². The second-order valence-electron chi connectivity index (χ2n) is 7.39. The number of aliphatic hydroxyl groups is 1. The molecule has 0 radical (unpaired) electrons. The molecule has 2 heterocycles. The Labute approximate surface area is 210 Å². The molecule has 3 aromatic rings. The summed E-state index contributed by atoms with van der Waals surface area (Å²) in [6, 6.07) is 11.8. The van der Waals surface area contributed by atoms with Crippen molar-refractivity contribution < 1.29 is 24.2 Å². The van der Waals surface area contributed by atoms with E-state index in [0.717, 1.165) is 0 Å². The number of hydrogen-bond acceptors (Lipinski definition) is 7. The van der Waals surface area contributed by atoms with Gasteiger partial charge in [-0.15, -0.1) is 0 Å². The molecule has 35 heavy (non-hydrogen) atoms. The minimum Gasteiger partial charge on any atom is -0.507 e. The SMILES string of the molecule is COc1c(Cl)cc(/C(O)=C2\C(=O)C(=O)N(c3ccc(C#N)cc3)C2c2ccncc2)c(OC)c1Cl. The van der Waals surface area contributed by atoms with Crippen LogP contribution in [0.5, 0.6) is 11.5 Å². The van der Waals surface area contributed by atoms with E-state index in [1.54, 1.807) is 24.3 Å². The van der Waals surface area contributed by atoms with Gasteiger partial charge in [0.05, 0.1) is 48.1 Å². The Bertz CT molecular complexity index is 1400. The summed E-state index contributed by atoms with van der Waals surface area (Å²) in [4.78, 5) is 31.8. The lowest BCUT2D eigenvalue weighted by atomic mass is 9.95. The molecule has 176 valence electrons. The minimum atomic E-state index is -1.00. The van der Waals surface area contributed by atoms with E-state index in [0.29, 0.717) is 16.8 Å². The second-order valence-corrected chi connectivity index (χ2v) is 8.18. The van der Waals surface area contributed by atoms with E-state index in [1.807, 2.05) is 6.07 Å². The number of halogens is 2. The summed E-state index contributed by atoms with van der Waals surface area (Å²) in [5, 5.41) is 20.6. The predicted molar refractivity (Wildman–Crippen MR) is 130 cm³/mol. The van der Waals surface area contributed by atoms with Crippen molar-refractivity contribution in [3.8, 4) is 17.6 Å². The maximum atomic E-state index is 13.3. The maximum Gasteiger partial charge on any atom is 0.300 e. The van der Waals surface area contributed by atoms with E-state index in [-0.39, 0.29) is 32.7 Å². The number of nitrogens with zero attached hydrogens (tertiary/aromatic N) is 3. The monoisotopic (exact) mass is 509 g/mol. The number of Topliss-reactive ketones (excluding diaryl/α,β-unsaturated/α-hetero) is 1. The molecule has 1 atom stereocenters. The summed E-state index contributed by atoms with van der Waals surface area (Å²) in [5.41, 5.74) is 1.10. The smallest absolute Gasteiger partial charge is 0.300 e. The number of nitriles is 1. The lowest BCUT2D eigenvalue weighted by Gasteiger charge is -2.25. The van der Waals surface area contributed by atoms with Crippen molar-refractivity contribution in [2.75, 3.05) is 19.1 Å². The molecule has 1 aliphatic heterocycles. The largest absolute Gasteiger partial charge is 0.507 e. The third-order valence-electron chi connectivity index (χ3n) is 5.54. The van der Waals surface area contributed by atoms with Crippen molar-refractivity contribution in [3.05, 3.63) is 87.2 Å². The van der Waals surface area contributed by atoms with Gasteiger partial charge in [0.15, 0.2) is 11.5 Å². The molecule has 1 fully saturated rings. The van der Waals surface area contributed by atoms with Crippen molar-refractivity contribution in [2.45, 2.75) is 6.04 Å². The zero-order valence-corrected chi connectivity index (χ0v) is 20.0. The highest BCUT2D eigenvalue weighted by Gasteiger charge is 2.47. The maximum absolute atomic E-state index is 13.3. The first-order valence-electron chi connectivity index (χ1n) is 10.2. The van der Waals surface area contributed by atoms with Crippen LogP contribution in [0, 0.1) is 11.3 Å². The molecule has 4 rings (SSSR count). The number of methoxy groups -OCH3 is 2. The molecular formula is C25H17Cl2N3O5. The number of rotatable bonds is 5. The number of hydrogen-bond donors (Lipinski definition) is 1. The van der Waals surface area contributed by atoms with Crippen LogP contribution in [0.4, 0.5) is 5.69 Å². The summed E-state index contributed by atoms with van der Waals surface area (Å²) in [7, 11) is 2.71. The van der Waals surface area contributed by atoms with Crippen LogP contribution < -0.4 is 14.4 Å². The van der Waals surface area contributed by atoms with Crippen molar-refractivity contribution >= 4 is 46.3 Å². The fourth-order valence-corrected chi connectivity index (χ4v) is 4.64. The molecule has 0 spiro atoms. The zero-order chi connectivity index (χ0) is 25.3. The van der Waals surface area contributed by atoms with Crippen LogP contribution in [-0.4, -0.2) is 36.0 Å². The average molecular weight is 510 g/mol. The van der Waals surface area contributed by atoms with Gasteiger partial charge < -0.3 is 14.6 Å². The first-order valence-corrected chi connectivity index (χ1v) is 10.9. The highest BCUT2D eigenvalue weighted by molar-refractivity contribution is 6.52. The first-order chi connectivity index (χ1) is 16.8. The minimum absolute atomic E-state index is 0.00849. The number of ketones is 1. The molecule has 10 heteroatoms. The lowest BCUT2D eigenvalue weighted by molar-refractivity contribution is -0.132. The van der Waals surface area contributed by atoms with Crippen molar-refractivity contribution in [1.29, 1.82) is 5.26 Å². The van der Waals surface area contributed by atoms with Gasteiger partial charge in [0.1, 0.15) is 10.8 Å². The van der Waals surface area contributed by atoms with E-state index in [1.165, 1.54) is 49.7 Å². The first kappa shape index (κ1) is 24.1. The van der Waals surface area contributed by atoms with Gasteiger partial charge in [0.2, 0.25) is 0 Å². The van der Waals surface area contributed by atoms with Gasteiger partial charge in [-0.1, -0.05) is 23.2 Å². The number of ether oxygens (including phenoxy) is 2. The zero-order valence-electron chi connectivity index (χ0n) is 18.5. The van der Waals surface area contributed by atoms with Gasteiger partial charge in [0, 0.05) is 18.1 Å². The van der Waals surface area contributed by atoms with Crippen LogP contribution in [0.3, 0.4) is 0 Å². The normalized spacial score (nSPS) is 16.8. The van der Waals surface area contributed by atoms with Gasteiger partial charge in [-0.2, -0.15) is 5.26 Å². The van der Waals surface area contributed by atoms with Crippen molar-refractivity contribution in [2.24, 2.45) is 0 Å². The van der Waals surface area contributed by atoms with E-state index in [9.17, 15) is 14.7 Å². The quantitative estimate of drug-likeness (QED) is 0.295. The van der Waals surface area contributed by atoms with E-state index in [2.05, 4.69) is 4.98 Å². The lowest BCUT2D eigenvalue weighted by Crippen LogP contribution is -2.29. The Balaban J connectivity index is 1.99. The van der Waals surface area contributed by atoms with Crippen LogP contribution >= 0.6 is 23.2 Å². The third-order valence-corrected chi connectivity index (χ3v) is 6.16. The van der Waals surface area contributed by atoms with Crippen LogP contribution in [0.25, 0.3) is 5.76 Å². The van der Waals surface area contributed by atoms with Crippen LogP contribution in [0.15, 0.2) is 60.4 Å². The summed E-state index contributed by atoms with van der Waals surface area (Å²) < 4.78 is 10.6. The van der Waals surface area contributed by atoms with Gasteiger partial charge in [-0.25, -0.2) is 0 Å². The second kappa shape index (κ2) is 9.66. The molecule has 0 bridgehead atoms. The standard InChI is InChI=1S/C25H17Cl2N3O5/c1-34-23-16(11-17(26)24(35-2)19(23)27)21(31)18-20(14-7-9-29-10-8-14)30(25(33)22(18)32)15-5-3-13(12-28)4-6-15/h3-11,20,31H,1-2H3/b21-18+.